The Balaban J connectivity index is 1.84. The maximum Gasteiger partial charge on any atom is 0.224 e. The van der Waals surface area contributed by atoms with Gasteiger partial charge in [-0.05, 0) is 25.1 Å². The SMILES string of the molecule is CCNc1nccc(NCCc2ccco2)n1. The molecule has 0 spiro atoms. The van der Waals surface area contributed by atoms with E-state index in [1.807, 2.05) is 25.1 Å². The molecule has 0 saturated carbocycles. The van der Waals surface area contributed by atoms with Crippen molar-refractivity contribution in [3.05, 3.63) is 36.4 Å². The topological polar surface area (TPSA) is 63.0 Å². The maximum atomic E-state index is 5.25. The smallest absolute Gasteiger partial charge is 0.224 e. The Morgan fingerprint density at radius 2 is 2.24 bits per heavy atom. The van der Waals surface area contributed by atoms with E-state index in [4.69, 9.17) is 4.42 Å². The lowest BCUT2D eigenvalue weighted by Crippen LogP contribution is -2.08. The Morgan fingerprint density at radius 3 is 3.00 bits per heavy atom. The summed E-state index contributed by atoms with van der Waals surface area (Å²) >= 11 is 0. The van der Waals surface area contributed by atoms with Gasteiger partial charge >= 0.3 is 0 Å². The lowest BCUT2D eigenvalue weighted by Gasteiger charge is -2.06. The van der Waals surface area contributed by atoms with Crippen LogP contribution in [0.15, 0.2) is 35.1 Å². The van der Waals surface area contributed by atoms with E-state index in [0.717, 1.165) is 31.1 Å². The Labute approximate surface area is 100 Å². The third kappa shape index (κ3) is 3.48. The van der Waals surface area contributed by atoms with Crippen molar-refractivity contribution in [2.75, 3.05) is 23.7 Å². The third-order valence-electron chi connectivity index (χ3n) is 2.25. The van der Waals surface area contributed by atoms with Crippen molar-refractivity contribution in [1.29, 1.82) is 0 Å². The standard InChI is InChI=1S/C12H16N4O/c1-2-13-12-15-8-6-11(16-12)14-7-5-10-4-3-9-17-10/h3-4,6,8-9H,2,5,7H2,1H3,(H2,13,14,15,16). The summed E-state index contributed by atoms with van der Waals surface area (Å²) in [4.78, 5) is 8.42. The van der Waals surface area contributed by atoms with E-state index < -0.39 is 0 Å². The van der Waals surface area contributed by atoms with Gasteiger partial charge in [-0.25, -0.2) is 4.98 Å². The molecule has 2 aromatic rings. The Hall–Kier alpha value is -2.04. The molecule has 0 aromatic carbocycles. The van der Waals surface area contributed by atoms with Crippen LogP contribution in [-0.4, -0.2) is 23.1 Å². The van der Waals surface area contributed by atoms with E-state index in [0.29, 0.717) is 5.95 Å². The van der Waals surface area contributed by atoms with Gasteiger partial charge in [0.1, 0.15) is 11.6 Å². The fraction of sp³-hybridized carbons (Fsp3) is 0.333. The molecule has 5 nitrogen and oxygen atoms in total. The monoisotopic (exact) mass is 232 g/mol. The van der Waals surface area contributed by atoms with Gasteiger partial charge in [-0.15, -0.1) is 0 Å². The first-order valence-electron chi connectivity index (χ1n) is 5.71. The van der Waals surface area contributed by atoms with Gasteiger partial charge in [0, 0.05) is 25.7 Å². The molecule has 2 heterocycles. The first-order chi connectivity index (χ1) is 8.38. The summed E-state index contributed by atoms with van der Waals surface area (Å²) in [5, 5.41) is 6.30. The average Bonchev–Trinajstić information content (AvgIpc) is 2.83. The van der Waals surface area contributed by atoms with Crippen LogP contribution in [0, 0.1) is 0 Å². The Morgan fingerprint density at radius 1 is 1.29 bits per heavy atom. The number of anilines is 2. The quantitative estimate of drug-likeness (QED) is 0.799. The highest BCUT2D eigenvalue weighted by Crippen LogP contribution is 2.06. The highest BCUT2D eigenvalue weighted by atomic mass is 16.3. The van der Waals surface area contributed by atoms with Gasteiger partial charge in [-0.2, -0.15) is 4.98 Å². The minimum absolute atomic E-state index is 0.649. The van der Waals surface area contributed by atoms with Crippen LogP contribution < -0.4 is 10.6 Å². The van der Waals surface area contributed by atoms with E-state index in [2.05, 4.69) is 20.6 Å². The number of nitrogens with zero attached hydrogens (tertiary/aromatic N) is 2. The van der Waals surface area contributed by atoms with Crippen LogP contribution >= 0.6 is 0 Å². The van der Waals surface area contributed by atoms with E-state index >= 15 is 0 Å². The molecule has 0 atom stereocenters. The van der Waals surface area contributed by atoms with E-state index in [1.165, 1.54) is 0 Å². The van der Waals surface area contributed by atoms with Crippen molar-refractivity contribution in [3.63, 3.8) is 0 Å². The number of hydrogen-bond acceptors (Lipinski definition) is 5. The summed E-state index contributed by atoms with van der Waals surface area (Å²) in [5.41, 5.74) is 0. The van der Waals surface area contributed by atoms with E-state index in [9.17, 15) is 0 Å². The Bertz CT molecular complexity index is 442. The van der Waals surface area contributed by atoms with Crippen molar-refractivity contribution < 1.29 is 4.42 Å². The lowest BCUT2D eigenvalue weighted by atomic mass is 10.3. The van der Waals surface area contributed by atoms with Crippen LogP contribution in [0.25, 0.3) is 0 Å². The van der Waals surface area contributed by atoms with Crippen molar-refractivity contribution in [1.82, 2.24) is 9.97 Å². The molecule has 0 bridgehead atoms. The number of rotatable bonds is 6. The van der Waals surface area contributed by atoms with Crippen LogP contribution in [-0.2, 0) is 6.42 Å². The molecule has 0 radical (unpaired) electrons. The zero-order valence-electron chi connectivity index (χ0n) is 9.81. The first kappa shape index (κ1) is 11.4. The molecule has 5 heteroatoms. The van der Waals surface area contributed by atoms with E-state index in [1.54, 1.807) is 12.5 Å². The molecule has 17 heavy (non-hydrogen) atoms. The summed E-state index contributed by atoms with van der Waals surface area (Å²) in [6.45, 7) is 3.62. The van der Waals surface area contributed by atoms with Gasteiger partial charge in [-0.1, -0.05) is 0 Å². The highest BCUT2D eigenvalue weighted by Gasteiger charge is 1.98. The lowest BCUT2D eigenvalue weighted by molar-refractivity contribution is 0.513. The molecule has 0 aliphatic carbocycles. The fourth-order valence-corrected chi connectivity index (χ4v) is 1.47. The van der Waals surface area contributed by atoms with Gasteiger partial charge in [0.15, 0.2) is 0 Å². The largest absolute Gasteiger partial charge is 0.469 e. The van der Waals surface area contributed by atoms with Crippen molar-refractivity contribution in [2.45, 2.75) is 13.3 Å². The van der Waals surface area contributed by atoms with Crippen LogP contribution in [0.1, 0.15) is 12.7 Å². The molecule has 2 aromatic heterocycles. The van der Waals surface area contributed by atoms with E-state index in [-0.39, 0.29) is 0 Å². The van der Waals surface area contributed by atoms with Crippen molar-refractivity contribution in [3.8, 4) is 0 Å². The molecule has 0 unspecified atom stereocenters. The summed E-state index contributed by atoms with van der Waals surface area (Å²) in [7, 11) is 0. The zero-order valence-corrected chi connectivity index (χ0v) is 9.81. The predicted molar refractivity (Wildman–Crippen MR) is 67.1 cm³/mol. The third-order valence-corrected chi connectivity index (χ3v) is 2.25. The Kier molecular flexibility index (Phi) is 3.96. The maximum absolute atomic E-state index is 5.25. The number of aromatic nitrogens is 2. The number of nitrogens with one attached hydrogen (secondary N) is 2. The van der Waals surface area contributed by atoms with Crippen molar-refractivity contribution in [2.24, 2.45) is 0 Å². The average molecular weight is 232 g/mol. The van der Waals surface area contributed by atoms with Gasteiger partial charge in [0.25, 0.3) is 0 Å². The number of hydrogen-bond donors (Lipinski definition) is 2. The van der Waals surface area contributed by atoms with Gasteiger partial charge < -0.3 is 15.1 Å². The summed E-state index contributed by atoms with van der Waals surface area (Å²) in [6.07, 6.45) is 4.26. The molecule has 0 saturated heterocycles. The molecule has 0 aliphatic heterocycles. The fourth-order valence-electron chi connectivity index (χ4n) is 1.47. The van der Waals surface area contributed by atoms with Gasteiger partial charge in [0.05, 0.1) is 6.26 Å². The van der Waals surface area contributed by atoms with Gasteiger partial charge in [0.2, 0.25) is 5.95 Å². The molecule has 0 amide bonds. The van der Waals surface area contributed by atoms with Crippen LogP contribution in [0.5, 0.6) is 0 Å². The normalized spacial score (nSPS) is 10.2. The summed E-state index contributed by atoms with van der Waals surface area (Å²) in [6, 6.07) is 5.71. The molecular formula is C12H16N4O. The van der Waals surface area contributed by atoms with Crippen molar-refractivity contribution >= 4 is 11.8 Å². The first-order valence-corrected chi connectivity index (χ1v) is 5.71. The highest BCUT2D eigenvalue weighted by molar-refractivity contribution is 5.39. The molecule has 2 rings (SSSR count). The minimum Gasteiger partial charge on any atom is -0.469 e. The summed E-state index contributed by atoms with van der Waals surface area (Å²) < 4.78 is 5.25. The number of furan rings is 1. The van der Waals surface area contributed by atoms with Crippen LogP contribution in [0.3, 0.4) is 0 Å². The second-order valence-electron chi connectivity index (χ2n) is 3.55. The molecule has 90 valence electrons. The van der Waals surface area contributed by atoms with Crippen LogP contribution in [0.4, 0.5) is 11.8 Å². The second-order valence-corrected chi connectivity index (χ2v) is 3.55. The van der Waals surface area contributed by atoms with Gasteiger partial charge in [-0.3, -0.25) is 0 Å². The zero-order chi connectivity index (χ0) is 11.9. The molecule has 2 N–H and O–H groups in total. The van der Waals surface area contributed by atoms with Crippen LogP contribution in [0.2, 0.25) is 0 Å². The molecule has 0 fully saturated rings. The molecular weight excluding hydrogens is 216 g/mol. The predicted octanol–water partition coefficient (Wildman–Crippen LogP) is 2.16. The minimum atomic E-state index is 0.649. The second kappa shape index (κ2) is 5.89. The summed E-state index contributed by atoms with van der Waals surface area (Å²) in [5.74, 6) is 2.44. The molecule has 0 aliphatic rings.